The van der Waals surface area contributed by atoms with Crippen LogP contribution in [0.1, 0.15) is 12.8 Å². The molecule has 8 heteroatoms. The number of pyridine rings is 1. The van der Waals surface area contributed by atoms with Crippen LogP contribution in [0.15, 0.2) is 18.5 Å². The van der Waals surface area contributed by atoms with Crippen LogP contribution in [0.4, 0.5) is 5.69 Å². The molecule has 1 saturated carbocycles. The van der Waals surface area contributed by atoms with Gasteiger partial charge >= 0.3 is 0 Å². The lowest BCUT2D eigenvalue weighted by molar-refractivity contribution is 0.257. The third-order valence-corrected chi connectivity index (χ3v) is 4.74. The minimum absolute atomic E-state index is 0.0446. The van der Waals surface area contributed by atoms with Crippen LogP contribution < -0.4 is 14.4 Å². The molecule has 4 rings (SSSR count). The number of hydrogen-bond acceptors (Lipinski definition) is 5. The quantitative estimate of drug-likeness (QED) is 0.813. The molecule has 2 aromatic rings. The average Bonchev–Trinajstić information content (AvgIpc) is 2.90. The fourth-order valence-electron chi connectivity index (χ4n) is 3.18. The SMILES string of the molecule is O=S([O-])NC1CC(N2CCOc3cnc4[nH]ccc4c32)C1. The molecule has 7 nitrogen and oxygen atoms in total. The Bertz CT molecular complexity index is 698. The molecule has 112 valence electrons. The standard InChI is InChI=1S/C13H16N4O3S/c18-21(19)16-8-5-9(6-8)17-3-4-20-11-7-15-13-10(12(11)17)1-2-14-13/h1-2,7-9,16H,3-6H2,(H,14,15)(H,18,19)/p-1. The average molecular weight is 307 g/mol. The highest BCUT2D eigenvalue weighted by Gasteiger charge is 2.37. The van der Waals surface area contributed by atoms with Crippen LogP contribution in [-0.4, -0.2) is 44.0 Å². The molecule has 0 spiro atoms. The number of nitrogens with zero attached hydrogens (tertiary/aromatic N) is 2. The summed E-state index contributed by atoms with van der Waals surface area (Å²) < 4.78 is 29.6. The second-order valence-corrected chi connectivity index (χ2v) is 6.13. The first-order chi connectivity index (χ1) is 10.2. The van der Waals surface area contributed by atoms with Gasteiger partial charge in [0.1, 0.15) is 12.3 Å². The molecule has 0 saturated heterocycles. The van der Waals surface area contributed by atoms with Crippen LogP contribution in [0.25, 0.3) is 11.0 Å². The first-order valence-electron chi connectivity index (χ1n) is 6.93. The van der Waals surface area contributed by atoms with E-state index in [0.717, 1.165) is 41.9 Å². The first kappa shape index (κ1) is 13.1. The van der Waals surface area contributed by atoms with Gasteiger partial charge < -0.3 is 19.2 Å². The van der Waals surface area contributed by atoms with Gasteiger partial charge in [-0.15, -0.1) is 0 Å². The summed E-state index contributed by atoms with van der Waals surface area (Å²) >= 11 is -2.18. The second-order valence-electron chi connectivity index (χ2n) is 5.43. The summed E-state index contributed by atoms with van der Waals surface area (Å²) in [4.78, 5) is 9.78. The number of ether oxygens (including phenoxy) is 1. The summed E-state index contributed by atoms with van der Waals surface area (Å²) in [5.74, 6) is 0.803. The lowest BCUT2D eigenvalue weighted by atomic mass is 9.85. The molecule has 1 atom stereocenters. The number of fused-ring (bicyclic) bond motifs is 3. The Balaban J connectivity index is 1.62. The van der Waals surface area contributed by atoms with Crippen LogP contribution >= 0.6 is 0 Å². The zero-order valence-electron chi connectivity index (χ0n) is 11.2. The largest absolute Gasteiger partial charge is 0.760 e. The number of hydrogen-bond donors (Lipinski definition) is 2. The molecule has 2 N–H and O–H groups in total. The highest BCUT2D eigenvalue weighted by atomic mass is 32.2. The van der Waals surface area contributed by atoms with Crippen molar-refractivity contribution in [2.45, 2.75) is 24.9 Å². The maximum atomic E-state index is 10.7. The summed E-state index contributed by atoms with van der Waals surface area (Å²) in [7, 11) is 0. The van der Waals surface area contributed by atoms with Gasteiger partial charge in [0, 0.05) is 34.9 Å². The second kappa shape index (κ2) is 4.97. The molecular formula is C13H15N4O3S-. The van der Waals surface area contributed by atoms with Crippen LogP contribution in [0.2, 0.25) is 0 Å². The van der Waals surface area contributed by atoms with Crippen molar-refractivity contribution in [1.29, 1.82) is 0 Å². The van der Waals surface area contributed by atoms with E-state index >= 15 is 0 Å². The molecule has 1 aliphatic heterocycles. The Kier molecular flexibility index (Phi) is 3.09. The number of aromatic amines is 1. The zero-order valence-corrected chi connectivity index (χ0v) is 12.1. The third kappa shape index (κ3) is 2.19. The van der Waals surface area contributed by atoms with Crippen molar-refractivity contribution in [2.75, 3.05) is 18.1 Å². The topological polar surface area (TPSA) is 93.3 Å². The fraction of sp³-hybridized carbons (Fsp3) is 0.462. The van der Waals surface area contributed by atoms with Gasteiger partial charge in [-0.25, -0.2) is 9.71 Å². The van der Waals surface area contributed by atoms with Gasteiger partial charge in [-0.1, -0.05) is 0 Å². The van der Waals surface area contributed by atoms with Crippen LogP contribution in [-0.2, 0) is 11.3 Å². The van der Waals surface area contributed by atoms with Crippen molar-refractivity contribution >= 4 is 28.0 Å². The smallest absolute Gasteiger partial charge is 0.161 e. The highest BCUT2D eigenvalue weighted by molar-refractivity contribution is 7.77. The summed E-state index contributed by atoms with van der Waals surface area (Å²) in [6.07, 6.45) is 5.27. The maximum absolute atomic E-state index is 10.7. The van der Waals surface area contributed by atoms with Gasteiger partial charge in [-0.2, -0.15) is 0 Å². The number of rotatable bonds is 3. The molecular weight excluding hydrogens is 292 g/mol. The first-order valence-corrected chi connectivity index (χ1v) is 8.01. The summed E-state index contributed by atoms with van der Waals surface area (Å²) in [5, 5.41) is 1.05. The molecule has 2 aromatic heterocycles. The molecule has 1 fully saturated rings. The third-order valence-electron chi connectivity index (χ3n) is 4.22. The molecule has 0 radical (unpaired) electrons. The molecule has 0 amide bonds. The number of nitrogens with one attached hydrogen (secondary N) is 2. The predicted molar refractivity (Wildman–Crippen MR) is 77.8 cm³/mol. The fourth-order valence-corrected chi connectivity index (χ4v) is 3.65. The molecule has 1 unspecified atom stereocenters. The molecule has 0 aromatic carbocycles. The van der Waals surface area contributed by atoms with Crippen LogP contribution in [0.5, 0.6) is 5.75 Å². The van der Waals surface area contributed by atoms with E-state index in [1.165, 1.54) is 0 Å². The van der Waals surface area contributed by atoms with Crippen molar-refractivity contribution < 1.29 is 13.5 Å². The zero-order chi connectivity index (χ0) is 14.4. The Hall–Kier alpha value is -1.64. The lowest BCUT2D eigenvalue weighted by Gasteiger charge is -2.46. The van der Waals surface area contributed by atoms with Gasteiger partial charge in [0.15, 0.2) is 5.75 Å². The van der Waals surface area contributed by atoms with E-state index in [1.807, 2.05) is 12.3 Å². The Morgan fingerprint density at radius 3 is 3.19 bits per heavy atom. The summed E-state index contributed by atoms with van der Waals surface area (Å²) in [5.41, 5.74) is 1.91. The van der Waals surface area contributed by atoms with Crippen molar-refractivity contribution in [3.63, 3.8) is 0 Å². The monoisotopic (exact) mass is 307 g/mol. The van der Waals surface area contributed by atoms with Gasteiger partial charge in [0.25, 0.3) is 0 Å². The Morgan fingerprint density at radius 1 is 1.52 bits per heavy atom. The van der Waals surface area contributed by atoms with Crippen molar-refractivity contribution in [3.8, 4) is 5.75 Å². The van der Waals surface area contributed by atoms with E-state index in [4.69, 9.17) is 4.74 Å². The van der Waals surface area contributed by atoms with Gasteiger partial charge in [-0.3, -0.25) is 4.21 Å². The minimum Gasteiger partial charge on any atom is -0.760 e. The Labute approximate surface area is 124 Å². The van der Waals surface area contributed by atoms with Crippen molar-refractivity contribution in [3.05, 3.63) is 18.5 Å². The normalized spacial score (nSPS) is 26.0. The van der Waals surface area contributed by atoms with Gasteiger partial charge in [0.2, 0.25) is 0 Å². The van der Waals surface area contributed by atoms with E-state index in [0.29, 0.717) is 12.6 Å². The molecule has 0 bridgehead atoms. The van der Waals surface area contributed by atoms with E-state index in [2.05, 4.69) is 19.6 Å². The lowest BCUT2D eigenvalue weighted by Crippen LogP contribution is -2.54. The van der Waals surface area contributed by atoms with E-state index in [-0.39, 0.29) is 6.04 Å². The molecule has 3 heterocycles. The van der Waals surface area contributed by atoms with Crippen molar-refractivity contribution in [2.24, 2.45) is 0 Å². The minimum atomic E-state index is -2.18. The molecule has 2 aliphatic rings. The van der Waals surface area contributed by atoms with E-state index in [9.17, 15) is 8.76 Å². The molecule has 21 heavy (non-hydrogen) atoms. The molecule has 1 aliphatic carbocycles. The van der Waals surface area contributed by atoms with Gasteiger partial charge in [-0.05, 0) is 18.9 Å². The van der Waals surface area contributed by atoms with E-state index < -0.39 is 11.3 Å². The summed E-state index contributed by atoms with van der Waals surface area (Å²) in [6.45, 7) is 1.45. The predicted octanol–water partition coefficient (Wildman–Crippen LogP) is 0.676. The van der Waals surface area contributed by atoms with Crippen molar-refractivity contribution in [1.82, 2.24) is 14.7 Å². The highest BCUT2D eigenvalue weighted by Crippen LogP contribution is 2.41. The number of anilines is 1. The number of aromatic nitrogens is 2. The summed E-state index contributed by atoms with van der Waals surface area (Å²) in [6, 6.07) is 2.39. The number of H-pyrrole nitrogens is 1. The van der Waals surface area contributed by atoms with E-state index in [1.54, 1.807) is 6.20 Å². The van der Waals surface area contributed by atoms with Gasteiger partial charge in [0.05, 0.1) is 18.4 Å². The van der Waals surface area contributed by atoms with Crippen LogP contribution in [0, 0.1) is 0 Å². The van der Waals surface area contributed by atoms with Crippen LogP contribution in [0.3, 0.4) is 0 Å². The Morgan fingerprint density at radius 2 is 2.38 bits per heavy atom. The maximum Gasteiger partial charge on any atom is 0.161 e.